The normalized spacial score (nSPS) is 10.7. The minimum atomic E-state index is -2.27. The van der Waals surface area contributed by atoms with Crippen molar-refractivity contribution >= 4 is 10.7 Å². The SMILES string of the molecule is [CH2]C(C)[SH](=O)=O. The zero-order valence-corrected chi connectivity index (χ0v) is 4.44. The van der Waals surface area contributed by atoms with Crippen molar-refractivity contribution in [3.05, 3.63) is 6.92 Å². The molecule has 0 aromatic heterocycles. The molecule has 0 fully saturated rings. The predicted octanol–water partition coefficient (Wildman–Crippen LogP) is -0.180. The first-order valence-corrected chi connectivity index (χ1v) is 2.86. The number of rotatable bonds is 1. The lowest BCUT2D eigenvalue weighted by Crippen LogP contribution is -1.94. The molecule has 0 aromatic carbocycles. The molecule has 1 atom stereocenters. The van der Waals surface area contributed by atoms with Crippen molar-refractivity contribution in [2.75, 3.05) is 0 Å². The molecule has 0 aliphatic carbocycles. The van der Waals surface area contributed by atoms with E-state index in [-0.39, 0.29) is 0 Å². The van der Waals surface area contributed by atoms with Crippen molar-refractivity contribution in [2.45, 2.75) is 12.2 Å². The van der Waals surface area contributed by atoms with Gasteiger partial charge >= 0.3 is 0 Å². The molecule has 0 bridgehead atoms. The Morgan fingerprint density at radius 3 is 1.83 bits per heavy atom. The zero-order chi connectivity index (χ0) is 5.15. The van der Waals surface area contributed by atoms with Crippen molar-refractivity contribution in [1.82, 2.24) is 0 Å². The van der Waals surface area contributed by atoms with Gasteiger partial charge in [0.15, 0.2) is 0 Å². The fourth-order valence-corrected chi connectivity index (χ4v) is 0. The predicted molar refractivity (Wildman–Crippen MR) is 25.1 cm³/mol. The third kappa shape index (κ3) is 2.20. The quantitative estimate of drug-likeness (QED) is 0.472. The number of thiol groups is 1. The smallest absolute Gasteiger partial charge is 0.142 e. The van der Waals surface area contributed by atoms with Gasteiger partial charge < -0.3 is 0 Å². The van der Waals surface area contributed by atoms with Crippen LogP contribution >= 0.6 is 0 Å². The molecule has 0 saturated carbocycles. The molecule has 6 heavy (non-hydrogen) atoms. The van der Waals surface area contributed by atoms with E-state index in [4.69, 9.17) is 0 Å². The second-order valence-corrected chi connectivity index (χ2v) is 2.59. The van der Waals surface area contributed by atoms with Gasteiger partial charge in [-0.2, -0.15) is 0 Å². The van der Waals surface area contributed by atoms with Gasteiger partial charge in [0, 0.05) is 0 Å². The van der Waals surface area contributed by atoms with Gasteiger partial charge in [0.05, 0.1) is 5.25 Å². The summed E-state index contributed by atoms with van der Waals surface area (Å²) in [6, 6.07) is 0. The third-order valence-electron chi connectivity index (χ3n) is 0.360. The Bertz CT molecular complexity index is 85.0. The van der Waals surface area contributed by atoms with E-state index < -0.39 is 16.0 Å². The summed E-state index contributed by atoms with van der Waals surface area (Å²) in [6.45, 7) is 4.78. The lowest BCUT2D eigenvalue weighted by Gasteiger charge is -1.82. The maximum atomic E-state index is 9.67. The molecule has 37 valence electrons. The van der Waals surface area contributed by atoms with Crippen LogP contribution in [0.25, 0.3) is 0 Å². The van der Waals surface area contributed by atoms with Crippen LogP contribution in [0.2, 0.25) is 0 Å². The Morgan fingerprint density at radius 2 is 1.83 bits per heavy atom. The highest BCUT2D eigenvalue weighted by Gasteiger charge is 1.89. The Kier molecular flexibility index (Phi) is 2.16. The Morgan fingerprint density at radius 1 is 1.67 bits per heavy atom. The van der Waals surface area contributed by atoms with Gasteiger partial charge in [0.25, 0.3) is 0 Å². The van der Waals surface area contributed by atoms with Crippen LogP contribution in [0.15, 0.2) is 0 Å². The highest BCUT2D eigenvalue weighted by molar-refractivity contribution is 7.73. The van der Waals surface area contributed by atoms with Gasteiger partial charge in [0.1, 0.15) is 10.7 Å². The van der Waals surface area contributed by atoms with E-state index in [0.717, 1.165) is 0 Å². The van der Waals surface area contributed by atoms with Crippen molar-refractivity contribution in [1.29, 1.82) is 0 Å². The first kappa shape index (κ1) is 5.95. The standard InChI is InChI=1S/C3H7O2S/c1-3(2)6(4)5/h3,6H,1H2,2H3. The van der Waals surface area contributed by atoms with Gasteiger partial charge in [-0.05, 0) is 13.8 Å². The van der Waals surface area contributed by atoms with Gasteiger partial charge in [0.2, 0.25) is 0 Å². The Balaban J connectivity index is 3.57. The molecular weight excluding hydrogens is 100 g/mol. The van der Waals surface area contributed by atoms with Crippen LogP contribution in [0.1, 0.15) is 6.92 Å². The summed E-state index contributed by atoms with van der Waals surface area (Å²) >= 11 is 0. The van der Waals surface area contributed by atoms with E-state index in [9.17, 15) is 8.42 Å². The number of hydrogen-bond donors (Lipinski definition) is 1. The fraction of sp³-hybridized carbons (Fsp3) is 0.667. The first-order valence-electron chi connectivity index (χ1n) is 1.61. The summed E-state index contributed by atoms with van der Waals surface area (Å²) < 4.78 is 19.3. The van der Waals surface area contributed by atoms with Crippen LogP contribution < -0.4 is 0 Å². The molecule has 0 aliphatic heterocycles. The molecule has 1 radical (unpaired) electrons. The molecule has 2 nitrogen and oxygen atoms in total. The second kappa shape index (κ2) is 2.18. The summed E-state index contributed by atoms with van der Waals surface area (Å²) in [5, 5.41) is -0.444. The minimum Gasteiger partial charge on any atom is -0.232 e. The molecule has 1 unspecified atom stereocenters. The average Bonchev–Trinajstić information content (AvgIpc) is 1.36. The third-order valence-corrected chi connectivity index (χ3v) is 1.08. The summed E-state index contributed by atoms with van der Waals surface area (Å²) in [5.41, 5.74) is 0. The molecule has 0 N–H and O–H groups in total. The Hall–Kier alpha value is -0.0500. The summed E-state index contributed by atoms with van der Waals surface area (Å²) in [7, 11) is -2.27. The van der Waals surface area contributed by atoms with Crippen molar-refractivity contribution in [2.24, 2.45) is 0 Å². The summed E-state index contributed by atoms with van der Waals surface area (Å²) in [5.74, 6) is 0. The van der Waals surface area contributed by atoms with Crippen LogP contribution in [-0.4, -0.2) is 13.7 Å². The monoisotopic (exact) mass is 107 g/mol. The minimum absolute atomic E-state index is 0.444. The van der Waals surface area contributed by atoms with Crippen LogP contribution in [0.5, 0.6) is 0 Å². The molecule has 0 spiro atoms. The van der Waals surface area contributed by atoms with Crippen LogP contribution in [0, 0.1) is 6.92 Å². The average molecular weight is 107 g/mol. The molecule has 3 heteroatoms. The van der Waals surface area contributed by atoms with Gasteiger partial charge in [-0.1, -0.05) is 0 Å². The van der Waals surface area contributed by atoms with Gasteiger partial charge in [-0.3, -0.25) is 0 Å². The topological polar surface area (TPSA) is 34.1 Å². The Labute approximate surface area is 39.1 Å². The molecule has 0 rings (SSSR count). The molecular formula is C3H7O2S. The molecule has 0 aromatic rings. The largest absolute Gasteiger partial charge is 0.232 e. The lowest BCUT2D eigenvalue weighted by molar-refractivity contribution is 0.610. The number of hydrogen-bond acceptors (Lipinski definition) is 2. The summed E-state index contributed by atoms with van der Waals surface area (Å²) in [4.78, 5) is 0. The summed E-state index contributed by atoms with van der Waals surface area (Å²) in [6.07, 6.45) is 0. The zero-order valence-electron chi connectivity index (χ0n) is 3.55. The van der Waals surface area contributed by atoms with Crippen molar-refractivity contribution in [3.63, 3.8) is 0 Å². The molecule has 0 aliphatic rings. The molecule has 0 amide bonds. The van der Waals surface area contributed by atoms with E-state index in [1.165, 1.54) is 6.92 Å². The van der Waals surface area contributed by atoms with E-state index in [1.807, 2.05) is 0 Å². The van der Waals surface area contributed by atoms with Crippen molar-refractivity contribution in [3.8, 4) is 0 Å². The van der Waals surface area contributed by atoms with E-state index in [0.29, 0.717) is 0 Å². The fourth-order valence-electron chi connectivity index (χ4n) is 0. The lowest BCUT2D eigenvalue weighted by atomic mass is 10.6. The van der Waals surface area contributed by atoms with Gasteiger partial charge in [-0.15, -0.1) is 0 Å². The van der Waals surface area contributed by atoms with E-state index >= 15 is 0 Å². The van der Waals surface area contributed by atoms with E-state index in [2.05, 4.69) is 6.92 Å². The molecule has 0 saturated heterocycles. The van der Waals surface area contributed by atoms with Gasteiger partial charge in [-0.25, -0.2) is 8.42 Å². The van der Waals surface area contributed by atoms with E-state index in [1.54, 1.807) is 0 Å². The highest BCUT2D eigenvalue weighted by Crippen LogP contribution is 1.77. The maximum Gasteiger partial charge on any atom is 0.142 e. The van der Waals surface area contributed by atoms with Crippen LogP contribution in [0.3, 0.4) is 0 Å². The van der Waals surface area contributed by atoms with Crippen LogP contribution in [-0.2, 0) is 10.7 Å². The highest BCUT2D eigenvalue weighted by atomic mass is 32.2. The maximum absolute atomic E-state index is 9.67. The molecule has 0 heterocycles. The van der Waals surface area contributed by atoms with Crippen LogP contribution in [0.4, 0.5) is 0 Å². The van der Waals surface area contributed by atoms with Crippen molar-refractivity contribution < 1.29 is 8.42 Å². The first-order chi connectivity index (χ1) is 2.64. The second-order valence-electron chi connectivity index (χ2n) is 1.13.